The first-order chi connectivity index (χ1) is 11.5. The molecule has 0 aliphatic carbocycles. The second kappa shape index (κ2) is 9.37. The molecule has 6 nitrogen and oxygen atoms in total. The molecule has 2 rings (SSSR count). The Morgan fingerprint density at radius 3 is 2.12 bits per heavy atom. The Balaban J connectivity index is 1.63. The zero-order valence-electron chi connectivity index (χ0n) is 15.6. The summed E-state index contributed by atoms with van der Waals surface area (Å²) >= 11 is 0. The third-order valence-corrected chi connectivity index (χ3v) is 5.27. The van der Waals surface area contributed by atoms with Gasteiger partial charge >= 0.3 is 0 Å². The normalized spacial score (nSPS) is 21.2. The predicted octanol–water partition coefficient (Wildman–Crippen LogP) is 0.777. The average molecular weight is 338 g/mol. The van der Waals surface area contributed by atoms with Crippen molar-refractivity contribution in [1.82, 2.24) is 20.0 Å². The molecule has 138 valence electrons. The fourth-order valence-electron chi connectivity index (χ4n) is 3.38. The maximum absolute atomic E-state index is 12.4. The monoisotopic (exact) mass is 338 g/mol. The van der Waals surface area contributed by atoms with Gasteiger partial charge in [-0.2, -0.15) is 0 Å². The van der Waals surface area contributed by atoms with Crippen LogP contribution in [0, 0.1) is 5.92 Å². The van der Waals surface area contributed by atoms with E-state index in [9.17, 15) is 9.59 Å². The van der Waals surface area contributed by atoms with Gasteiger partial charge in [-0.05, 0) is 19.4 Å². The minimum Gasteiger partial charge on any atom is -0.353 e. The molecule has 2 aliphatic heterocycles. The molecule has 6 heteroatoms. The maximum Gasteiger partial charge on any atom is 0.223 e. The molecule has 0 aromatic heterocycles. The van der Waals surface area contributed by atoms with E-state index in [0.29, 0.717) is 6.42 Å². The van der Waals surface area contributed by atoms with Crippen LogP contribution in [0.25, 0.3) is 0 Å². The van der Waals surface area contributed by atoms with Gasteiger partial charge in [0.2, 0.25) is 11.8 Å². The molecule has 2 amide bonds. The minimum atomic E-state index is 0.0258. The van der Waals surface area contributed by atoms with Crippen molar-refractivity contribution in [3.63, 3.8) is 0 Å². The predicted molar refractivity (Wildman–Crippen MR) is 95.8 cm³/mol. The number of likely N-dealkylation sites (N-methyl/N-ethyl adjacent to an activating group) is 1. The quantitative estimate of drug-likeness (QED) is 0.777. The van der Waals surface area contributed by atoms with E-state index >= 15 is 0 Å². The first kappa shape index (κ1) is 19.2. The summed E-state index contributed by atoms with van der Waals surface area (Å²) in [6, 6.07) is 0.228. The highest BCUT2D eigenvalue weighted by atomic mass is 16.2. The van der Waals surface area contributed by atoms with E-state index in [1.165, 1.54) is 0 Å². The third-order valence-electron chi connectivity index (χ3n) is 5.27. The smallest absolute Gasteiger partial charge is 0.223 e. The molecule has 2 saturated heterocycles. The number of likely N-dealkylation sites (tertiary alicyclic amines) is 1. The van der Waals surface area contributed by atoms with Gasteiger partial charge in [0.15, 0.2) is 0 Å². The summed E-state index contributed by atoms with van der Waals surface area (Å²) in [5.41, 5.74) is 0. The summed E-state index contributed by atoms with van der Waals surface area (Å²) in [5, 5.41) is 3.08. The zero-order valence-corrected chi connectivity index (χ0v) is 15.6. The van der Waals surface area contributed by atoms with Crippen molar-refractivity contribution in [1.29, 1.82) is 0 Å². The lowest BCUT2D eigenvalue weighted by Gasteiger charge is -2.35. The van der Waals surface area contributed by atoms with E-state index in [-0.39, 0.29) is 23.8 Å². The Morgan fingerprint density at radius 1 is 1.00 bits per heavy atom. The van der Waals surface area contributed by atoms with Crippen molar-refractivity contribution >= 4 is 11.8 Å². The number of amides is 2. The van der Waals surface area contributed by atoms with E-state index < -0.39 is 0 Å². The molecule has 0 spiro atoms. The molecule has 24 heavy (non-hydrogen) atoms. The largest absolute Gasteiger partial charge is 0.353 e. The average Bonchev–Trinajstić information content (AvgIpc) is 2.60. The number of hydrogen-bond donors (Lipinski definition) is 1. The second-order valence-corrected chi connectivity index (χ2v) is 7.34. The van der Waals surface area contributed by atoms with Crippen molar-refractivity contribution in [2.24, 2.45) is 5.92 Å². The first-order valence-corrected chi connectivity index (χ1v) is 9.52. The van der Waals surface area contributed by atoms with Crippen LogP contribution >= 0.6 is 0 Å². The lowest BCUT2D eigenvalue weighted by molar-refractivity contribution is -0.133. The van der Waals surface area contributed by atoms with E-state index in [0.717, 1.165) is 65.2 Å². The Labute approximate surface area is 146 Å². The van der Waals surface area contributed by atoms with Gasteiger partial charge < -0.3 is 20.0 Å². The van der Waals surface area contributed by atoms with Crippen LogP contribution in [-0.4, -0.2) is 84.9 Å². The summed E-state index contributed by atoms with van der Waals surface area (Å²) in [7, 11) is 0. The molecule has 2 fully saturated rings. The maximum atomic E-state index is 12.4. The Kier molecular flexibility index (Phi) is 7.49. The molecule has 0 unspecified atom stereocenters. The molecule has 2 heterocycles. The molecule has 2 aliphatic rings. The van der Waals surface area contributed by atoms with Crippen molar-refractivity contribution in [2.75, 3.05) is 52.4 Å². The number of piperidine rings is 1. The summed E-state index contributed by atoms with van der Waals surface area (Å²) in [4.78, 5) is 31.0. The molecule has 0 aromatic carbocycles. The Morgan fingerprint density at radius 2 is 1.58 bits per heavy atom. The minimum absolute atomic E-state index is 0.0258. The van der Waals surface area contributed by atoms with Gasteiger partial charge in [-0.1, -0.05) is 20.8 Å². The number of carbonyl (C=O) groups is 2. The van der Waals surface area contributed by atoms with Crippen LogP contribution in [0.5, 0.6) is 0 Å². The molecule has 0 bridgehead atoms. The van der Waals surface area contributed by atoms with E-state index in [1.54, 1.807) is 0 Å². The van der Waals surface area contributed by atoms with Crippen molar-refractivity contribution in [3.05, 3.63) is 0 Å². The molecule has 0 saturated carbocycles. The lowest BCUT2D eigenvalue weighted by Crippen LogP contribution is -2.49. The standard InChI is InChI=1S/C18H34N4O2/c1-4-20-11-13-21(14-12-20)8-7-17(23)22-9-5-16(6-10-22)19-18(24)15(2)3/h15-16H,4-14H2,1-3H3,(H,19,24). The summed E-state index contributed by atoms with van der Waals surface area (Å²) < 4.78 is 0. The highest BCUT2D eigenvalue weighted by Gasteiger charge is 2.25. The Hall–Kier alpha value is -1.14. The fourth-order valence-corrected chi connectivity index (χ4v) is 3.38. The highest BCUT2D eigenvalue weighted by molar-refractivity contribution is 5.78. The van der Waals surface area contributed by atoms with E-state index in [2.05, 4.69) is 22.0 Å². The Bertz CT molecular complexity index is 411. The molecule has 0 atom stereocenters. The third kappa shape index (κ3) is 5.74. The van der Waals surface area contributed by atoms with Crippen LogP contribution in [0.4, 0.5) is 0 Å². The molecule has 0 radical (unpaired) electrons. The summed E-state index contributed by atoms with van der Waals surface area (Å²) in [6.45, 7) is 13.9. The molecule has 0 aromatic rings. The van der Waals surface area contributed by atoms with Crippen LogP contribution in [0.1, 0.15) is 40.0 Å². The molecular formula is C18H34N4O2. The number of nitrogens with zero attached hydrogens (tertiary/aromatic N) is 3. The van der Waals surface area contributed by atoms with Crippen molar-refractivity contribution in [2.45, 2.75) is 46.1 Å². The van der Waals surface area contributed by atoms with Gasteiger partial charge in [0.25, 0.3) is 0 Å². The van der Waals surface area contributed by atoms with E-state index in [1.807, 2.05) is 18.7 Å². The first-order valence-electron chi connectivity index (χ1n) is 9.52. The molecular weight excluding hydrogens is 304 g/mol. The van der Waals surface area contributed by atoms with Gasteiger partial charge in [-0.15, -0.1) is 0 Å². The SMILES string of the molecule is CCN1CCN(CCC(=O)N2CCC(NC(=O)C(C)C)CC2)CC1. The van der Waals surface area contributed by atoms with Crippen LogP contribution in [0.3, 0.4) is 0 Å². The number of nitrogens with one attached hydrogen (secondary N) is 1. The molecule has 1 N–H and O–H groups in total. The lowest BCUT2D eigenvalue weighted by atomic mass is 10.0. The number of hydrogen-bond acceptors (Lipinski definition) is 4. The summed E-state index contributed by atoms with van der Waals surface area (Å²) in [5.74, 6) is 0.408. The number of piperazine rings is 1. The van der Waals surface area contributed by atoms with Gasteiger partial charge in [0, 0.05) is 64.2 Å². The van der Waals surface area contributed by atoms with E-state index in [4.69, 9.17) is 0 Å². The summed E-state index contributed by atoms with van der Waals surface area (Å²) in [6.07, 6.45) is 2.37. The van der Waals surface area contributed by atoms with Crippen LogP contribution < -0.4 is 5.32 Å². The zero-order chi connectivity index (χ0) is 17.5. The van der Waals surface area contributed by atoms with Crippen LogP contribution in [0.15, 0.2) is 0 Å². The fraction of sp³-hybridized carbons (Fsp3) is 0.889. The number of rotatable bonds is 6. The van der Waals surface area contributed by atoms with Crippen LogP contribution in [0.2, 0.25) is 0 Å². The topological polar surface area (TPSA) is 55.9 Å². The van der Waals surface area contributed by atoms with Gasteiger partial charge in [0.1, 0.15) is 0 Å². The van der Waals surface area contributed by atoms with Gasteiger partial charge in [-0.3, -0.25) is 9.59 Å². The highest BCUT2D eigenvalue weighted by Crippen LogP contribution is 2.13. The second-order valence-electron chi connectivity index (χ2n) is 7.34. The number of carbonyl (C=O) groups excluding carboxylic acids is 2. The van der Waals surface area contributed by atoms with Crippen molar-refractivity contribution in [3.8, 4) is 0 Å². The van der Waals surface area contributed by atoms with Gasteiger partial charge in [-0.25, -0.2) is 0 Å². The van der Waals surface area contributed by atoms with Crippen molar-refractivity contribution < 1.29 is 9.59 Å². The van der Waals surface area contributed by atoms with Gasteiger partial charge in [0.05, 0.1) is 0 Å². The van der Waals surface area contributed by atoms with Crippen LogP contribution in [-0.2, 0) is 9.59 Å².